The van der Waals surface area contributed by atoms with Gasteiger partial charge in [-0.15, -0.1) is 10.2 Å². The van der Waals surface area contributed by atoms with Gasteiger partial charge in [0, 0.05) is 18.0 Å². The van der Waals surface area contributed by atoms with Crippen LogP contribution in [0, 0.1) is 0 Å². The minimum atomic E-state index is 0.575. The molecule has 0 aliphatic carbocycles. The highest BCUT2D eigenvalue weighted by Crippen LogP contribution is 2.16. The van der Waals surface area contributed by atoms with E-state index < -0.39 is 0 Å². The molecule has 0 unspecified atom stereocenters. The van der Waals surface area contributed by atoms with E-state index in [2.05, 4.69) is 15.1 Å². The lowest BCUT2D eigenvalue weighted by Crippen LogP contribution is -2.24. The number of likely N-dealkylation sites (N-methyl/N-ethyl adjacent to an activating group) is 1. The lowest BCUT2D eigenvalue weighted by molar-refractivity contribution is 0.218. The molecule has 0 radical (unpaired) electrons. The second-order valence-corrected chi connectivity index (χ2v) is 4.92. The number of benzene rings is 1. The average Bonchev–Trinajstić information content (AvgIpc) is 2.86. The van der Waals surface area contributed by atoms with Crippen LogP contribution in [0.2, 0.25) is 5.02 Å². The zero-order valence-corrected chi connectivity index (χ0v) is 12.4. The zero-order chi connectivity index (χ0) is 14.4. The highest BCUT2D eigenvalue weighted by atomic mass is 35.5. The Balaban J connectivity index is 1.73. The normalized spacial score (nSPS) is 11.0. The molecule has 6 heteroatoms. The molecule has 0 aliphatic rings. The third-order valence-corrected chi connectivity index (χ3v) is 2.99. The molecule has 2 aromatic rings. The number of halogens is 1. The van der Waals surface area contributed by atoms with Gasteiger partial charge in [0.25, 0.3) is 0 Å². The average molecular weight is 296 g/mol. The van der Waals surface area contributed by atoms with Gasteiger partial charge in [-0.3, -0.25) is 4.90 Å². The Morgan fingerprint density at radius 1 is 1.30 bits per heavy atom. The topological polar surface area (TPSA) is 51.4 Å². The van der Waals surface area contributed by atoms with Gasteiger partial charge in [0.1, 0.15) is 12.4 Å². The van der Waals surface area contributed by atoms with Crippen molar-refractivity contribution in [3.05, 3.63) is 41.1 Å². The molecule has 108 valence electrons. The van der Waals surface area contributed by atoms with Gasteiger partial charge in [0.15, 0.2) is 0 Å². The van der Waals surface area contributed by atoms with Crippen molar-refractivity contribution in [3.8, 4) is 5.75 Å². The monoisotopic (exact) mass is 295 g/mol. The minimum absolute atomic E-state index is 0.575. The maximum atomic E-state index is 5.89. The van der Waals surface area contributed by atoms with Crippen LogP contribution in [0.1, 0.15) is 18.7 Å². The van der Waals surface area contributed by atoms with Crippen molar-refractivity contribution >= 4 is 11.6 Å². The molecule has 0 bridgehead atoms. The van der Waals surface area contributed by atoms with E-state index in [9.17, 15) is 0 Å². The summed E-state index contributed by atoms with van der Waals surface area (Å²) >= 11 is 5.89. The number of hydrogen-bond acceptors (Lipinski definition) is 5. The first kappa shape index (κ1) is 14.8. The van der Waals surface area contributed by atoms with Crippen LogP contribution in [0.4, 0.5) is 0 Å². The van der Waals surface area contributed by atoms with Crippen molar-refractivity contribution in [1.29, 1.82) is 0 Å². The maximum Gasteiger partial charge on any atom is 0.230 e. The quantitative estimate of drug-likeness (QED) is 0.786. The maximum absolute atomic E-state index is 5.89. The minimum Gasteiger partial charge on any atom is -0.492 e. The van der Waals surface area contributed by atoms with E-state index in [1.807, 2.05) is 32.2 Å². The van der Waals surface area contributed by atoms with E-state index in [0.717, 1.165) is 18.7 Å². The van der Waals surface area contributed by atoms with E-state index in [1.54, 1.807) is 6.07 Å². The molecule has 1 aromatic carbocycles. The van der Waals surface area contributed by atoms with E-state index in [4.69, 9.17) is 20.8 Å². The largest absolute Gasteiger partial charge is 0.492 e. The van der Waals surface area contributed by atoms with Crippen LogP contribution < -0.4 is 4.74 Å². The molecule has 0 atom stereocenters. The number of aryl methyl sites for hydroxylation is 1. The summed E-state index contributed by atoms with van der Waals surface area (Å²) in [7, 11) is 1.98. The zero-order valence-electron chi connectivity index (χ0n) is 11.7. The molecule has 2 rings (SSSR count). The summed E-state index contributed by atoms with van der Waals surface area (Å²) in [6, 6.07) is 7.37. The number of aromatic nitrogens is 2. The van der Waals surface area contributed by atoms with Crippen LogP contribution in [-0.2, 0) is 13.0 Å². The van der Waals surface area contributed by atoms with Crippen molar-refractivity contribution < 1.29 is 9.15 Å². The summed E-state index contributed by atoms with van der Waals surface area (Å²) in [4.78, 5) is 2.07. The van der Waals surface area contributed by atoms with E-state index in [1.165, 1.54) is 0 Å². The lowest BCUT2D eigenvalue weighted by atomic mass is 10.3. The standard InChI is InChI=1S/C14H18ClN3O2/c1-3-13-16-17-14(20-13)10-18(2)7-8-19-12-6-4-5-11(15)9-12/h4-6,9H,3,7-8,10H2,1-2H3. The van der Waals surface area contributed by atoms with Gasteiger partial charge in [-0.25, -0.2) is 0 Å². The highest BCUT2D eigenvalue weighted by Gasteiger charge is 2.07. The molecule has 1 heterocycles. The number of rotatable bonds is 7. The van der Waals surface area contributed by atoms with E-state index >= 15 is 0 Å². The first-order valence-corrected chi connectivity index (χ1v) is 6.93. The van der Waals surface area contributed by atoms with Crippen LogP contribution in [0.3, 0.4) is 0 Å². The van der Waals surface area contributed by atoms with Gasteiger partial charge in [-0.05, 0) is 25.2 Å². The van der Waals surface area contributed by atoms with Gasteiger partial charge in [0.05, 0.1) is 6.54 Å². The van der Waals surface area contributed by atoms with Gasteiger partial charge in [-0.2, -0.15) is 0 Å². The Morgan fingerprint density at radius 3 is 2.80 bits per heavy atom. The summed E-state index contributed by atoms with van der Waals surface area (Å²) in [6.07, 6.45) is 0.759. The molecule has 0 aliphatic heterocycles. The Labute approximate surface area is 123 Å². The first-order chi connectivity index (χ1) is 9.67. The SMILES string of the molecule is CCc1nnc(CN(C)CCOc2cccc(Cl)c2)o1. The third kappa shape index (κ3) is 4.51. The molecule has 5 nitrogen and oxygen atoms in total. The molecule has 1 aromatic heterocycles. The van der Waals surface area contributed by atoms with Gasteiger partial charge in [-0.1, -0.05) is 24.6 Å². The smallest absolute Gasteiger partial charge is 0.230 e. The Bertz CT molecular complexity index is 545. The number of ether oxygens (including phenoxy) is 1. The van der Waals surface area contributed by atoms with Gasteiger partial charge < -0.3 is 9.15 Å². The molecule has 0 N–H and O–H groups in total. The molecule has 0 amide bonds. The van der Waals surface area contributed by atoms with Crippen molar-refractivity contribution in [1.82, 2.24) is 15.1 Å². The third-order valence-electron chi connectivity index (χ3n) is 2.75. The van der Waals surface area contributed by atoms with Crippen molar-refractivity contribution in [3.63, 3.8) is 0 Å². The molecular weight excluding hydrogens is 278 g/mol. The Hall–Kier alpha value is -1.59. The summed E-state index contributed by atoms with van der Waals surface area (Å²) in [5.41, 5.74) is 0. The van der Waals surface area contributed by atoms with Crippen molar-refractivity contribution in [2.24, 2.45) is 0 Å². The first-order valence-electron chi connectivity index (χ1n) is 6.55. The molecule has 0 fully saturated rings. The van der Waals surface area contributed by atoms with Crippen LogP contribution >= 0.6 is 11.6 Å². The molecule has 0 saturated carbocycles. The fourth-order valence-corrected chi connectivity index (χ4v) is 1.86. The predicted octanol–water partition coefficient (Wildman–Crippen LogP) is 2.80. The van der Waals surface area contributed by atoms with Crippen LogP contribution in [0.15, 0.2) is 28.7 Å². The second kappa shape index (κ2) is 7.26. The summed E-state index contributed by atoms with van der Waals surface area (Å²) in [5.74, 6) is 2.08. The molecule has 20 heavy (non-hydrogen) atoms. The lowest BCUT2D eigenvalue weighted by Gasteiger charge is -2.14. The Kier molecular flexibility index (Phi) is 5.38. The summed E-state index contributed by atoms with van der Waals surface area (Å²) in [5, 5.41) is 8.60. The van der Waals surface area contributed by atoms with E-state index in [-0.39, 0.29) is 0 Å². The predicted molar refractivity (Wildman–Crippen MR) is 77.0 cm³/mol. The van der Waals surface area contributed by atoms with Crippen LogP contribution in [0.25, 0.3) is 0 Å². The summed E-state index contributed by atoms with van der Waals surface area (Å²) < 4.78 is 11.1. The fraction of sp³-hybridized carbons (Fsp3) is 0.429. The molecule has 0 spiro atoms. The molecule has 0 saturated heterocycles. The van der Waals surface area contributed by atoms with Gasteiger partial charge >= 0.3 is 0 Å². The van der Waals surface area contributed by atoms with E-state index in [0.29, 0.717) is 30.0 Å². The van der Waals surface area contributed by atoms with Crippen molar-refractivity contribution in [2.75, 3.05) is 20.2 Å². The fourth-order valence-electron chi connectivity index (χ4n) is 1.68. The van der Waals surface area contributed by atoms with Crippen LogP contribution in [-0.4, -0.2) is 35.3 Å². The highest BCUT2D eigenvalue weighted by molar-refractivity contribution is 6.30. The summed E-state index contributed by atoms with van der Waals surface area (Å²) in [6.45, 7) is 3.94. The van der Waals surface area contributed by atoms with Crippen LogP contribution in [0.5, 0.6) is 5.75 Å². The number of nitrogens with zero attached hydrogens (tertiary/aromatic N) is 3. The second-order valence-electron chi connectivity index (χ2n) is 4.49. The number of hydrogen-bond donors (Lipinski definition) is 0. The Morgan fingerprint density at radius 2 is 2.10 bits per heavy atom. The van der Waals surface area contributed by atoms with Crippen molar-refractivity contribution in [2.45, 2.75) is 19.9 Å². The van der Waals surface area contributed by atoms with Gasteiger partial charge in [0.2, 0.25) is 11.8 Å². The molecular formula is C14H18ClN3O2.